The van der Waals surface area contributed by atoms with Crippen LogP contribution in [0.5, 0.6) is 0 Å². The summed E-state index contributed by atoms with van der Waals surface area (Å²) >= 11 is 0. The number of piperidine rings is 1. The molecule has 2 atom stereocenters. The van der Waals surface area contributed by atoms with Gasteiger partial charge in [0.05, 0.1) is 17.6 Å². The lowest BCUT2D eigenvalue weighted by molar-refractivity contribution is -0.150. The molecule has 2 saturated heterocycles. The Kier molecular flexibility index (Phi) is 3.82. The Morgan fingerprint density at radius 3 is 2.48 bits per heavy atom. The van der Waals surface area contributed by atoms with Crippen molar-refractivity contribution in [3.8, 4) is 0 Å². The van der Waals surface area contributed by atoms with Crippen LogP contribution in [0.25, 0.3) is 0 Å². The van der Waals surface area contributed by atoms with E-state index >= 15 is 0 Å². The van der Waals surface area contributed by atoms with E-state index in [-0.39, 0.29) is 18.2 Å². The molecule has 2 unspecified atom stereocenters. The summed E-state index contributed by atoms with van der Waals surface area (Å²) in [4.78, 5) is 25.3. The highest BCUT2D eigenvalue weighted by Gasteiger charge is 2.42. The van der Waals surface area contributed by atoms with Crippen LogP contribution in [0.3, 0.4) is 0 Å². The maximum atomic E-state index is 12.3. The quantitative estimate of drug-likeness (QED) is 0.826. The van der Waals surface area contributed by atoms with Gasteiger partial charge < -0.3 is 20.1 Å². The van der Waals surface area contributed by atoms with Gasteiger partial charge in [0, 0.05) is 19.7 Å². The lowest BCUT2D eigenvalue weighted by atomic mass is 9.80. The Labute approximate surface area is 124 Å². The highest BCUT2D eigenvalue weighted by Crippen LogP contribution is 2.39. The van der Waals surface area contributed by atoms with Crippen molar-refractivity contribution in [2.75, 3.05) is 19.7 Å². The number of nitrogens with one attached hydrogen (secondary N) is 1. The average molecular weight is 296 g/mol. The lowest BCUT2D eigenvalue weighted by Crippen LogP contribution is -2.52. The number of rotatable bonds is 3. The Morgan fingerprint density at radius 2 is 1.90 bits per heavy atom. The molecule has 21 heavy (non-hydrogen) atoms. The molecule has 3 aliphatic rings. The summed E-state index contributed by atoms with van der Waals surface area (Å²) in [5, 5.41) is 12.3. The van der Waals surface area contributed by atoms with E-state index in [0.29, 0.717) is 31.8 Å². The molecule has 2 heterocycles. The lowest BCUT2D eigenvalue weighted by Gasteiger charge is -2.37. The van der Waals surface area contributed by atoms with E-state index < -0.39 is 11.4 Å². The van der Waals surface area contributed by atoms with Crippen molar-refractivity contribution in [3.63, 3.8) is 0 Å². The highest BCUT2D eigenvalue weighted by molar-refractivity contribution is 5.77. The fraction of sp³-hybridized carbons (Fsp3) is 0.867. The topological polar surface area (TPSA) is 78.9 Å². The molecule has 0 aromatic heterocycles. The monoisotopic (exact) mass is 296 g/mol. The zero-order chi connectivity index (χ0) is 15.0. The molecule has 2 N–H and O–H groups in total. The third-order valence-corrected chi connectivity index (χ3v) is 5.20. The normalized spacial score (nSPS) is 32.0. The van der Waals surface area contributed by atoms with Crippen LogP contribution in [0.15, 0.2) is 0 Å². The number of carboxylic acid groups (broad SMARTS) is 1. The van der Waals surface area contributed by atoms with E-state index in [0.717, 1.165) is 13.0 Å². The number of nitrogens with zero attached hydrogens (tertiary/aromatic N) is 1. The van der Waals surface area contributed by atoms with Gasteiger partial charge in [-0.15, -0.1) is 0 Å². The molecule has 0 aromatic rings. The number of carbonyl (C=O) groups is 2. The Balaban J connectivity index is 1.51. The van der Waals surface area contributed by atoms with Gasteiger partial charge in [0.25, 0.3) is 0 Å². The van der Waals surface area contributed by atoms with Crippen molar-refractivity contribution in [2.24, 2.45) is 11.3 Å². The summed E-state index contributed by atoms with van der Waals surface area (Å²) < 4.78 is 5.73. The first-order valence-corrected chi connectivity index (χ1v) is 7.90. The van der Waals surface area contributed by atoms with Gasteiger partial charge >= 0.3 is 12.0 Å². The van der Waals surface area contributed by atoms with Gasteiger partial charge in [0.2, 0.25) is 0 Å². The number of hydrogen-bond acceptors (Lipinski definition) is 3. The van der Waals surface area contributed by atoms with Gasteiger partial charge in [0.15, 0.2) is 0 Å². The van der Waals surface area contributed by atoms with Crippen LogP contribution in [-0.4, -0.2) is 53.8 Å². The molecular weight excluding hydrogens is 272 g/mol. The van der Waals surface area contributed by atoms with Gasteiger partial charge in [-0.2, -0.15) is 0 Å². The standard InChI is InChI=1S/C15H24N2O4/c1-15(13(18)19)5-7-17(8-6-15)14(20)16-11-4-9-21-12(11)10-2-3-10/h10-12H,2-9H2,1H3,(H,16,20)(H,18,19). The predicted molar refractivity (Wildman–Crippen MR) is 76.0 cm³/mol. The summed E-state index contributed by atoms with van der Waals surface area (Å²) in [5.41, 5.74) is -0.691. The van der Waals surface area contributed by atoms with Crippen LogP contribution in [0.2, 0.25) is 0 Å². The molecule has 0 spiro atoms. The Bertz CT molecular complexity index is 427. The van der Waals surface area contributed by atoms with Gasteiger partial charge in [0.1, 0.15) is 0 Å². The molecule has 6 heteroatoms. The summed E-state index contributed by atoms with van der Waals surface area (Å²) in [6, 6.07) is 0.0568. The first-order chi connectivity index (χ1) is 9.99. The smallest absolute Gasteiger partial charge is 0.317 e. The largest absolute Gasteiger partial charge is 0.481 e. The van der Waals surface area contributed by atoms with Gasteiger partial charge in [-0.3, -0.25) is 4.79 Å². The Morgan fingerprint density at radius 1 is 1.24 bits per heavy atom. The van der Waals surface area contributed by atoms with Gasteiger partial charge in [-0.25, -0.2) is 4.79 Å². The van der Waals surface area contributed by atoms with Crippen molar-refractivity contribution in [2.45, 2.75) is 51.2 Å². The van der Waals surface area contributed by atoms with Crippen LogP contribution in [0.4, 0.5) is 4.79 Å². The molecule has 1 aliphatic carbocycles. The van der Waals surface area contributed by atoms with Crippen LogP contribution >= 0.6 is 0 Å². The zero-order valence-electron chi connectivity index (χ0n) is 12.5. The van der Waals surface area contributed by atoms with E-state index in [1.165, 1.54) is 12.8 Å². The van der Waals surface area contributed by atoms with Crippen molar-refractivity contribution >= 4 is 12.0 Å². The van der Waals surface area contributed by atoms with Gasteiger partial charge in [-0.05, 0) is 44.9 Å². The maximum absolute atomic E-state index is 12.3. The highest BCUT2D eigenvalue weighted by atomic mass is 16.5. The predicted octanol–water partition coefficient (Wildman–Crippen LogP) is 1.45. The molecule has 0 aromatic carbocycles. The molecule has 2 aliphatic heterocycles. The summed E-state index contributed by atoms with van der Waals surface area (Å²) in [5.74, 6) is -0.144. The van der Waals surface area contributed by atoms with Crippen molar-refractivity contribution in [3.05, 3.63) is 0 Å². The molecule has 1 saturated carbocycles. The minimum Gasteiger partial charge on any atom is -0.481 e. The van der Waals surface area contributed by atoms with Crippen molar-refractivity contribution in [1.29, 1.82) is 0 Å². The second kappa shape index (κ2) is 5.48. The first-order valence-electron chi connectivity index (χ1n) is 7.90. The number of urea groups is 1. The van der Waals surface area contributed by atoms with E-state index in [2.05, 4.69) is 5.32 Å². The summed E-state index contributed by atoms with van der Waals surface area (Å²) in [6.45, 7) is 3.51. The number of carbonyl (C=O) groups excluding carboxylic acids is 1. The second-order valence-corrected chi connectivity index (χ2v) is 6.87. The number of likely N-dealkylation sites (tertiary alicyclic amines) is 1. The summed E-state index contributed by atoms with van der Waals surface area (Å²) in [7, 11) is 0. The SMILES string of the molecule is CC1(C(=O)O)CCN(C(=O)NC2CCOC2C2CC2)CC1. The van der Waals surface area contributed by atoms with E-state index in [9.17, 15) is 14.7 Å². The minimum atomic E-state index is -0.763. The average Bonchev–Trinajstić information content (AvgIpc) is 3.20. The van der Waals surface area contributed by atoms with Crippen LogP contribution < -0.4 is 5.32 Å². The molecule has 118 valence electrons. The zero-order valence-corrected chi connectivity index (χ0v) is 12.5. The number of carboxylic acids is 1. The number of hydrogen-bond donors (Lipinski definition) is 2. The molecule has 3 fully saturated rings. The van der Waals surface area contributed by atoms with Crippen LogP contribution in [0, 0.1) is 11.3 Å². The van der Waals surface area contributed by atoms with Crippen molar-refractivity contribution in [1.82, 2.24) is 10.2 Å². The molecule has 0 radical (unpaired) electrons. The third kappa shape index (κ3) is 3.00. The molecule has 2 amide bonds. The fourth-order valence-corrected chi connectivity index (χ4v) is 3.32. The maximum Gasteiger partial charge on any atom is 0.317 e. The van der Waals surface area contributed by atoms with E-state index in [1.807, 2.05) is 0 Å². The summed E-state index contributed by atoms with van der Waals surface area (Å²) in [6.07, 6.45) is 4.51. The van der Waals surface area contributed by atoms with E-state index in [1.54, 1.807) is 11.8 Å². The number of amides is 2. The van der Waals surface area contributed by atoms with Crippen molar-refractivity contribution < 1.29 is 19.4 Å². The van der Waals surface area contributed by atoms with Gasteiger partial charge in [-0.1, -0.05) is 0 Å². The molecule has 0 bridgehead atoms. The Hall–Kier alpha value is -1.30. The fourth-order valence-electron chi connectivity index (χ4n) is 3.32. The molecular formula is C15H24N2O4. The molecule has 3 rings (SSSR count). The van der Waals surface area contributed by atoms with E-state index in [4.69, 9.17) is 4.74 Å². The first kappa shape index (κ1) is 14.6. The van der Waals surface area contributed by atoms with Crippen LogP contribution in [0.1, 0.15) is 39.0 Å². The number of aliphatic carboxylic acids is 1. The minimum absolute atomic E-state index is 0.0661. The van der Waals surface area contributed by atoms with Crippen LogP contribution in [-0.2, 0) is 9.53 Å². The third-order valence-electron chi connectivity index (χ3n) is 5.20. The number of ether oxygens (including phenoxy) is 1. The molecule has 6 nitrogen and oxygen atoms in total. The second-order valence-electron chi connectivity index (χ2n) is 6.87.